The number of nitrogens with zero attached hydrogens (tertiary/aromatic N) is 4. The predicted octanol–water partition coefficient (Wildman–Crippen LogP) is 3.91. The van der Waals surface area contributed by atoms with Crippen molar-refractivity contribution in [3.63, 3.8) is 0 Å². The smallest absolute Gasteiger partial charge is 0.411 e. The number of hydrogen-bond acceptors (Lipinski definition) is 6. The van der Waals surface area contributed by atoms with Crippen LogP contribution in [-0.4, -0.2) is 101 Å². The second-order valence-electron chi connectivity index (χ2n) is 12.0. The molecule has 4 atom stereocenters. The number of carbonyl (C=O) groups excluding carboxylic acids is 4. The first-order valence-electron chi connectivity index (χ1n) is 15.6. The molecule has 9 heteroatoms. The standard InChI is InChI=1S/C34H40N4O5/c39-23-28(22-31(40)36-20-18-35(19-21-36)27-14-8-3-9-15-27)37-29(17-16-25-10-4-1-5-11-25)32(33(37)41)38-30(24-43-34(38)42)26-12-6-2-7-13-26/h1-2,4-7,10-13,16-17,23,27-30,32H,3,8-9,14-15,18-22,24H2/b17-16+/t28-,29+,30+,32-/m0/s1. The number of benzene rings is 2. The molecule has 0 radical (unpaired) electrons. The molecular weight excluding hydrogens is 544 g/mol. The topological polar surface area (TPSA) is 90.5 Å². The van der Waals surface area contributed by atoms with Gasteiger partial charge >= 0.3 is 6.09 Å². The van der Waals surface area contributed by atoms with Crippen molar-refractivity contribution in [1.82, 2.24) is 19.6 Å². The third-order valence-corrected chi connectivity index (χ3v) is 9.49. The van der Waals surface area contributed by atoms with Crippen molar-refractivity contribution in [2.75, 3.05) is 32.8 Å². The molecule has 0 bridgehead atoms. The number of piperazine rings is 1. The minimum Gasteiger partial charge on any atom is -0.447 e. The quantitative estimate of drug-likeness (QED) is 0.328. The molecule has 0 aromatic heterocycles. The van der Waals surface area contributed by atoms with Crippen molar-refractivity contribution in [3.05, 3.63) is 77.9 Å². The second kappa shape index (κ2) is 13.1. The van der Waals surface area contributed by atoms with Gasteiger partial charge in [-0.05, 0) is 24.0 Å². The van der Waals surface area contributed by atoms with Gasteiger partial charge in [0, 0.05) is 32.2 Å². The van der Waals surface area contributed by atoms with Gasteiger partial charge < -0.3 is 19.3 Å². The number of β-lactam (4-membered cyclic amide) rings is 1. The van der Waals surface area contributed by atoms with Gasteiger partial charge in [-0.1, -0.05) is 92.1 Å². The van der Waals surface area contributed by atoms with E-state index in [9.17, 15) is 19.2 Å². The van der Waals surface area contributed by atoms with Crippen molar-refractivity contribution in [1.29, 1.82) is 0 Å². The van der Waals surface area contributed by atoms with Crippen LogP contribution in [-0.2, 0) is 19.1 Å². The molecule has 0 spiro atoms. The van der Waals surface area contributed by atoms with Crippen LogP contribution in [0.4, 0.5) is 4.79 Å². The predicted molar refractivity (Wildman–Crippen MR) is 162 cm³/mol. The number of amides is 3. The first kappa shape index (κ1) is 29.1. The fraction of sp³-hybridized carbons (Fsp3) is 0.471. The highest BCUT2D eigenvalue weighted by molar-refractivity contribution is 5.96. The highest BCUT2D eigenvalue weighted by Gasteiger charge is 2.57. The van der Waals surface area contributed by atoms with Crippen LogP contribution >= 0.6 is 0 Å². The van der Waals surface area contributed by atoms with Crippen molar-refractivity contribution >= 4 is 30.3 Å². The largest absolute Gasteiger partial charge is 0.447 e. The number of rotatable bonds is 9. The Kier molecular flexibility index (Phi) is 8.88. The second-order valence-corrected chi connectivity index (χ2v) is 12.0. The number of likely N-dealkylation sites (tertiary alicyclic amines) is 1. The molecule has 6 rings (SSSR count). The molecule has 3 aliphatic heterocycles. The average molecular weight is 585 g/mol. The van der Waals surface area contributed by atoms with Crippen molar-refractivity contribution in [2.24, 2.45) is 0 Å². The Hall–Kier alpha value is -3.98. The summed E-state index contributed by atoms with van der Waals surface area (Å²) >= 11 is 0. The maximum atomic E-state index is 13.8. The molecule has 1 aliphatic carbocycles. The summed E-state index contributed by atoms with van der Waals surface area (Å²) in [4.78, 5) is 60.0. The molecular formula is C34H40N4O5. The monoisotopic (exact) mass is 584 g/mol. The molecule has 3 amide bonds. The van der Waals surface area contributed by atoms with E-state index >= 15 is 0 Å². The van der Waals surface area contributed by atoms with Crippen molar-refractivity contribution in [3.8, 4) is 0 Å². The maximum absolute atomic E-state index is 13.8. The molecule has 3 heterocycles. The zero-order valence-corrected chi connectivity index (χ0v) is 24.5. The van der Waals surface area contributed by atoms with Gasteiger partial charge in [0.1, 0.15) is 18.9 Å². The Morgan fingerprint density at radius 2 is 1.58 bits per heavy atom. The summed E-state index contributed by atoms with van der Waals surface area (Å²) in [6.45, 7) is 3.09. The average Bonchev–Trinajstić information content (AvgIpc) is 3.43. The Bertz CT molecular complexity index is 1320. The van der Waals surface area contributed by atoms with E-state index < -0.39 is 30.3 Å². The van der Waals surface area contributed by atoms with Gasteiger partial charge in [0.15, 0.2) is 0 Å². The summed E-state index contributed by atoms with van der Waals surface area (Å²) in [5.41, 5.74) is 1.80. The Morgan fingerprint density at radius 3 is 2.26 bits per heavy atom. The van der Waals surface area contributed by atoms with Gasteiger partial charge in [0.05, 0.1) is 24.5 Å². The Balaban J connectivity index is 1.18. The van der Waals surface area contributed by atoms with E-state index in [4.69, 9.17) is 4.74 Å². The van der Waals surface area contributed by atoms with E-state index in [0.29, 0.717) is 25.4 Å². The van der Waals surface area contributed by atoms with Gasteiger partial charge in [-0.2, -0.15) is 0 Å². The van der Waals surface area contributed by atoms with Crippen LogP contribution in [0.5, 0.6) is 0 Å². The van der Waals surface area contributed by atoms with Gasteiger partial charge in [-0.3, -0.25) is 19.4 Å². The number of cyclic esters (lactones) is 1. The van der Waals surface area contributed by atoms with E-state index in [1.807, 2.05) is 77.7 Å². The lowest BCUT2D eigenvalue weighted by Crippen LogP contribution is -2.73. The molecule has 2 aromatic carbocycles. The minimum absolute atomic E-state index is 0.0758. The molecule has 4 fully saturated rings. The highest BCUT2D eigenvalue weighted by Crippen LogP contribution is 2.38. The number of carbonyl (C=O) groups is 4. The molecule has 1 saturated carbocycles. The van der Waals surface area contributed by atoms with E-state index in [1.165, 1.54) is 41.9 Å². The van der Waals surface area contributed by atoms with Gasteiger partial charge in [-0.15, -0.1) is 0 Å². The van der Waals surface area contributed by atoms with Crippen molar-refractivity contribution in [2.45, 2.75) is 68.7 Å². The minimum atomic E-state index is -0.924. The first-order valence-corrected chi connectivity index (χ1v) is 15.6. The zero-order valence-electron chi connectivity index (χ0n) is 24.5. The number of ether oxygens (including phenoxy) is 1. The van der Waals surface area contributed by atoms with Gasteiger partial charge in [0.2, 0.25) is 11.8 Å². The van der Waals surface area contributed by atoms with Crippen LogP contribution in [0.2, 0.25) is 0 Å². The lowest BCUT2D eigenvalue weighted by Gasteiger charge is -2.51. The summed E-state index contributed by atoms with van der Waals surface area (Å²) in [6, 6.07) is 17.0. The van der Waals surface area contributed by atoms with E-state index in [2.05, 4.69) is 4.90 Å². The summed E-state index contributed by atoms with van der Waals surface area (Å²) in [5, 5.41) is 0. The first-order chi connectivity index (χ1) is 21.0. The summed E-state index contributed by atoms with van der Waals surface area (Å²) in [7, 11) is 0. The van der Waals surface area contributed by atoms with E-state index in [0.717, 1.165) is 24.2 Å². The molecule has 0 N–H and O–H groups in total. The van der Waals surface area contributed by atoms with Crippen LogP contribution in [0.3, 0.4) is 0 Å². The zero-order chi connectivity index (χ0) is 29.8. The van der Waals surface area contributed by atoms with Crippen LogP contribution in [0, 0.1) is 0 Å². The highest BCUT2D eigenvalue weighted by atomic mass is 16.6. The van der Waals surface area contributed by atoms with Crippen LogP contribution in [0.15, 0.2) is 66.7 Å². The molecule has 4 aliphatic rings. The van der Waals surface area contributed by atoms with Crippen LogP contribution in [0.25, 0.3) is 6.08 Å². The fourth-order valence-corrected chi connectivity index (χ4v) is 7.13. The molecule has 0 unspecified atom stereocenters. The molecule has 3 saturated heterocycles. The Morgan fingerprint density at radius 1 is 0.907 bits per heavy atom. The SMILES string of the molecule is O=C[C@H](CC(=O)N1CCN(C2CCCCC2)CC1)N1C(=O)[C@@H](N2C(=O)OC[C@@H]2c2ccccc2)[C@H]1/C=C/c1ccccc1. The third-order valence-electron chi connectivity index (χ3n) is 9.49. The molecule has 2 aromatic rings. The molecule has 226 valence electrons. The summed E-state index contributed by atoms with van der Waals surface area (Å²) < 4.78 is 5.43. The van der Waals surface area contributed by atoms with Gasteiger partial charge in [-0.25, -0.2) is 4.79 Å². The Labute approximate surface area is 253 Å². The van der Waals surface area contributed by atoms with Crippen LogP contribution in [0.1, 0.15) is 55.7 Å². The molecule has 43 heavy (non-hydrogen) atoms. The van der Waals surface area contributed by atoms with E-state index in [1.54, 1.807) is 0 Å². The fourth-order valence-electron chi connectivity index (χ4n) is 7.13. The molecule has 9 nitrogen and oxygen atoms in total. The normalized spacial score (nSPS) is 26.0. The van der Waals surface area contributed by atoms with Gasteiger partial charge in [0.25, 0.3) is 0 Å². The van der Waals surface area contributed by atoms with Crippen LogP contribution < -0.4 is 0 Å². The maximum Gasteiger partial charge on any atom is 0.411 e. The number of aldehydes is 1. The third kappa shape index (κ3) is 6.09. The summed E-state index contributed by atoms with van der Waals surface area (Å²) in [6.07, 6.45) is 10.1. The number of hydrogen-bond donors (Lipinski definition) is 0. The lowest BCUT2D eigenvalue weighted by molar-refractivity contribution is -0.161. The summed E-state index contributed by atoms with van der Waals surface area (Å²) in [5.74, 6) is -0.473. The van der Waals surface area contributed by atoms with E-state index in [-0.39, 0.29) is 24.8 Å². The lowest BCUT2D eigenvalue weighted by atomic mass is 9.88. The van der Waals surface area contributed by atoms with Crippen molar-refractivity contribution < 1.29 is 23.9 Å².